The van der Waals surface area contributed by atoms with Gasteiger partial charge in [0.25, 0.3) is 0 Å². The molecule has 7 nitrogen and oxygen atoms in total. The van der Waals surface area contributed by atoms with Crippen LogP contribution in [0.4, 0.5) is 4.79 Å². The van der Waals surface area contributed by atoms with Gasteiger partial charge in [0.15, 0.2) is 0 Å². The van der Waals surface area contributed by atoms with E-state index >= 15 is 0 Å². The van der Waals surface area contributed by atoms with Crippen molar-refractivity contribution in [1.82, 2.24) is 15.5 Å². The van der Waals surface area contributed by atoms with E-state index < -0.39 is 12.0 Å². The molecule has 0 aliphatic carbocycles. The normalized spacial score (nSPS) is 19.1. The Kier molecular flexibility index (Phi) is 8.42. The number of ether oxygens (including phenoxy) is 2. The fourth-order valence-corrected chi connectivity index (χ4v) is 4.95. The summed E-state index contributed by atoms with van der Waals surface area (Å²) in [6, 6.07) is 17.1. The molecule has 186 valence electrons. The zero-order valence-electron chi connectivity index (χ0n) is 20.6. The van der Waals surface area contributed by atoms with E-state index in [4.69, 9.17) is 9.47 Å². The lowest BCUT2D eigenvalue weighted by molar-refractivity contribution is -0.139. The Morgan fingerprint density at radius 3 is 2.43 bits per heavy atom. The van der Waals surface area contributed by atoms with Crippen molar-refractivity contribution in [1.29, 1.82) is 0 Å². The van der Waals surface area contributed by atoms with Crippen molar-refractivity contribution in [3.8, 4) is 5.75 Å². The number of nitrogens with one attached hydrogen (secondary N) is 2. The van der Waals surface area contributed by atoms with Crippen molar-refractivity contribution < 1.29 is 19.1 Å². The van der Waals surface area contributed by atoms with Crippen molar-refractivity contribution in [3.05, 3.63) is 77.0 Å². The van der Waals surface area contributed by atoms with Gasteiger partial charge in [-0.25, -0.2) is 9.59 Å². The maximum atomic E-state index is 13.1. The Morgan fingerprint density at radius 1 is 1.00 bits per heavy atom. The number of hydrogen-bond donors (Lipinski definition) is 2. The number of para-hydroxylation sites is 1. The number of benzene rings is 2. The van der Waals surface area contributed by atoms with Crippen molar-refractivity contribution in [2.24, 2.45) is 5.92 Å². The van der Waals surface area contributed by atoms with Crippen molar-refractivity contribution in [3.63, 3.8) is 0 Å². The number of hydrogen-bond acceptors (Lipinski definition) is 5. The van der Waals surface area contributed by atoms with E-state index in [-0.39, 0.29) is 12.6 Å². The molecule has 4 rings (SSSR count). The highest BCUT2D eigenvalue weighted by Gasteiger charge is 2.36. The molecule has 2 aromatic carbocycles. The van der Waals surface area contributed by atoms with E-state index in [2.05, 4.69) is 39.8 Å². The summed E-state index contributed by atoms with van der Waals surface area (Å²) in [6.07, 6.45) is 3.25. The first-order valence-corrected chi connectivity index (χ1v) is 12.5. The summed E-state index contributed by atoms with van der Waals surface area (Å²) < 4.78 is 11.2. The van der Waals surface area contributed by atoms with Crippen LogP contribution in [0.15, 0.2) is 65.9 Å². The summed E-state index contributed by atoms with van der Waals surface area (Å²) in [5, 5.41) is 5.82. The van der Waals surface area contributed by atoms with Gasteiger partial charge in [0.1, 0.15) is 5.75 Å². The Labute approximate surface area is 207 Å². The smallest absolute Gasteiger partial charge is 0.338 e. The van der Waals surface area contributed by atoms with Gasteiger partial charge in [-0.15, -0.1) is 0 Å². The van der Waals surface area contributed by atoms with Gasteiger partial charge in [-0.2, -0.15) is 0 Å². The van der Waals surface area contributed by atoms with Crippen LogP contribution in [0.25, 0.3) is 0 Å². The van der Waals surface area contributed by atoms with E-state index in [0.717, 1.165) is 37.9 Å². The van der Waals surface area contributed by atoms with E-state index in [9.17, 15) is 9.59 Å². The minimum atomic E-state index is -0.642. The summed E-state index contributed by atoms with van der Waals surface area (Å²) in [5.74, 6) is 0.857. The molecule has 1 saturated heterocycles. The maximum Gasteiger partial charge on any atom is 0.338 e. The highest BCUT2D eigenvalue weighted by atomic mass is 16.5. The second-order valence-electron chi connectivity index (χ2n) is 9.02. The lowest BCUT2D eigenvalue weighted by atomic mass is 9.89. The second kappa shape index (κ2) is 11.9. The third kappa shape index (κ3) is 6.22. The Hall–Kier alpha value is -3.32. The first-order valence-electron chi connectivity index (χ1n) is 12.5. The number of amides is 2. The lowest BCUT2D eigenvalue weighted by Gasteiger charge is -2.35. The number of urea groups is 1. The molecule has 2 amide bonds. The quantitative estimate of drug-likeness (QED) is 0.529. The minimum Gasteiger partial charge on any atom is -0.494 e. The fraction of sp³-hybridized carbons (Fsp3) is 0.429. The molecule has 35 heavy (non-hydrogen) atoms. The SMILES string of the molecule is CCOC(=O)C1=C(CN2CCC(Cc3ccccc3)CC2)NC(=O)NC1c1ccccc1OCC. The minimum absolute atomic E-state index is 0.258. The lowest BCUT2D eigenvalue weighted by Crippen LogP contribution is -2.49. The van der Waals surface area contributed by atoms with Crippen LogP contribution in [0.2, 0.25) is 0 Å². The molecule has 2 aliphatic rings. The molecular weight excluding hydrogens is 442 g/mol. The molecule has 2 N–H and O–H groups in total. The van der Waals surface area contributed by atoms with Crippen LogP contribution in [-0.2, 0) is 16.0 Å². The van der Waals surface area contributed by atoms with Gasteiger partial charge in [-0.05, 0) is 63.7 Å². The molecule has 2 aromatic rings. The monoisotopic (exact) mass is 477 g/mol. The largest absolute Gasteiger partial charge is 0.494 e. The van der Waals surface area contributed by atoms with Gasteiger partial charge in [-0.3, -0.25) is 4.90 Å². The van der Waals surface area contributed by atoms with Crippen LogP contribution in [0, 0.1) is 5.92 Å². The number of likely N-dealkylation sites (tertiary alicyclic amines) is 1. The van der Waals surface area contributed by atoms with Gasteiger partial charge in [0.2, 0.25) is 0 Å². The number of piperidine rings is 1. The van der Waals surface area contributed by atoms with Crippen molar-refractivity contribution in [2.45, 2.75) is 39.2 Å². The number of carbonyl (C=O) groups excluding carboxylic acids is 2. The van der Waals surface area contributed by atoms with Crippen LogP contribution in [0.1, 0.15) is 43.9 Å². The standard InChI is InChI=1S/C28H35N3O4/c1-3-34-24-13-9-8-12-22(24)26-25(27(32)35-4-2)23(29-28(33)30-26)19-31-16-14-21(15-17-31)18-20-10-6-5-7-11-20/h5-13,21,26H,3-4,14-19H2,1-2H3,(H2,29,30,33). The van der Waals surface area contributed by atoms with Crippen LogP contribution >= 0.6 is 0 Å². The summed E-state index contributed by atoms with van der Waals surface area (Å²) in [5.41, 5.74) is 3.15. The average Bonchev–Trinajstić information content (AvgIpc) is 2.86. The van der Waals surface area contributed by atoms with E-state index in [0.29, 0.717) is 36.1 Å². The number of nitrogens with zero attached hydrogens (tertiary/aromatic N) is 1. The van der Waals surface area contributed by atoms with E-state index in [1.165, 1.54) is 5.56 Å². The highest BCUT2D eigenvalue weighted by molar-refractivity contribution is 5.95. The molecule has 0 spiro atoms. The molecule has 2 aliphatic heterocycles. The third-order valence-electron chi connectivity index (χ3n) is 6.63. The number of carbonyl (C=O) groups is 2. The molecule has 7 heteroatoms. The number of esters is 1. The van der Waals surface area contributed by atoms with Crippen LogP contribution < -0.4 is 15.4 Å². The van der Waals surface area contributed by atoms with E-state index in [1.54, 1.807) is 6.92 Å². The summed E-state index contributed by atoms with van der Waals surface area (Å²) >= 11 is 0. The fourth-order valence-electron chi connectivity index (χ4n) is 4.95. The van der Waals surface area contributed by atoms with Gasteiger partial charge >= 0.3 is 12.0 Å². The predicted octanol–water partition coefficient (Wildman–Crippen LogP) is 4.21. The van der Waals surface area contributed by atoms with Crippen molar-refractivity contribution >= 4 is 12.0 Å². The first-order chi connectivity index (χ1) is 17.1. The van der Waals surface area contributed by atoms with E-state index in [1.807, 2.05) is 37.3 Å². The molecule has 0 radical (unpaired) electrons. The molecule has 2 heterocycles. The molecular formula is C28H35N3O4. The highest BCUT2D eigenvalue weighted by Crippen LogP contribution is 2.34. The zero-order valence-corrected chi connectivity index (χ0v) is 20.6. The first kappa shape index (κ1) is 24.8. The Balaban J connectivity index is 1.54. The Bertz CT molecular complexity index is 1050. The molecule has 1 atom stereocenters. The summed E-state index contributed by atoms with van der Waals surface area (Å²) in [6.45, 7) is 6.77. The van der Waals surface area contributed by atoms with Crippen LogP contribution in [-0.4, -0.2) is 49.7 Å². The van der Waals surface area contributed by atoms with Crippen LogP contribution in [0.5, 0.6) is 5.75 Å². The predicted molar refractivity (Wildman–Crippen MR) is 135 cm³/mol. The zero-order chi connectivity index (χ0) is 24.6. The average molecular weight is 478 g/mol. The third-order valence-corrected chi connectivity index (χ3v) is 6.63. The summed E-state index contributed by atoms with van der Waals surface area (Å²) in [7, 11) is 0. The number of rotatable bonds is 9. The van der Waals surface area contributed by atoms with Gasteiger partial charge in [-0.1, -0.05) is 48.5 Å². The van der Waals surface area contributed by atoms with Gasteiger partial charge in [0, 0.05) is 17.8 Å². The maximum absolute atomic E-state index is 13.1. The topological polar surface area (TPSA) is 79.9 Å². The molecule has 1 fully saturated rings. The summed E-state index contributed by atoms with van der Waals surface area (Å²) in [4.78, 5) is 28.1. The molecule has 0 aromatic heterocycles. The molecule has 0 bridgehead atoms. The van der Waals surface area contributed by atoms with Gasteiger partial charge < -0.3 is 20.1 Å². The van der Waals surface area contributed by atoms with Crippen LogP contribution in [0.3, 0.4) is 0 Å². The molecule has 0 saturated carbocycles. The Morgan fingerprint density at radius 2 is 1.71 bits per heavy atom. The van der Waals surface area contributed by atoms with Crippen molar-refractivity contribution in [2.75, 3.05) is 32.8 Å². The van der Waals surface area contributed by atoms with Gasteiger partial charge in [0.05, 0.1) is 24.8 Å². The second-order valence-corrected chi connectivity index (χ2v) is 9.02. The molecule has 1 unspecified atom stereocenters.